The number of halogens is 2. The average molecular weight is 965 g/mol. The number of piperidine rings is 1. The maximum Gasteiger partial charge on any atom is 0.227 e. The number of hydrogen-bond donors (Lipinski definition) is 2. The summed E-state index contributed by atoms with van der Waals surface area (Å²) in [6.07, 6.45) is 22.9. The summed E-state index contributed by atoms with van der Waals surface area (Å²) in [5.41, 5.74) is 15.5. The van der Waals surface area contributed by atoms with E-state index in [0.29, 0.717) is 24.7 Å². The number of aryl methyl sites for hydroxylation is 2. The lowest BCUT2D eigenvalue weighted by molar-refractivity contribution is -0.120. The van der Waals surface area contributed by atoms with Crippen LogP contribution >= 0.6 is 0 Å². The lowest BCUT2D eigenvalue weighted by Crippen LogP contribution is -2.40. The number of nitrogens with zero attached hydrogens (tertiary/aromatic N) is 4. The summed E-state index contributed by atoms with van der Waals surface area (Å²) in [6, 6.07) is 14.6. The summed E-state index contributed by atoms with van der Waals surface area (Å²) in [7, 11) is 0. The number of aromatic amines is 1. The lowest BCUT2D eigenvalue weighted by Gasteiger charge is -2.37. The second-order valence-electron chi connectivity index (χ2n) is 21.4. The first-order chi connectivity index (χ1) is 34.5. The molecule has 8 heterocycles. The van der Waals surface area contributed by atoms with Crippen molar-refractivity contribution in [2.24, 2.45) is 11.8 Å². The minimum absolute atomic E-state index is 0.0745. The van der Waals surface area contributed by atoms with E-state index >= 15 is 0 Å². The van der Waals surface area contributed by atoms with Gasteiger partial charge in [0.15, 0.2) is 0 Å². The van der Waals surface area contributed by atoms with Gasteiger partial charge in [-0.15, -0.1) is 0 Å². The Labute approximate surface area is 422 Å². The molecule has 0 saturated carbocycles. The highest BCUT2D eigenvalue weighted by molar-refractivity contribution is 6.01. The van der Waals surface area contributed by atoms with Crippen molar-refractivity contribution in [1.29, 1.82) is 0 Å². The molecule has 8 nitrogen and oxygen atoms in total. The predicted octanol–water partition coefficient (Wildman–Crippen LogP) is 12.3. The number of fused-ring (bicyclic) bond motifs is 2. The smallest absolute Gasteiger partial charge is 0.227 e. The van der Waals surface area contributed by atoms with Gasteiger partial charge in [-0.25, -0.2) is 8.78 Å². The first-order valence-electron chi connectivity index (χ1n) is 27.3. The summed E-state index contributed by atoms with van der Waals surface area (Å²) in [4.78, 5) is 37.3. The minimum Gasteiger partial charge on any atom is -0.384 e. The van der Waals surface area contributed by atoms with Gasteiger partial charge in [-0.05, 0) is 177 Å². The highest BCUT2D eigenvalue weighted by Gasteiger charge is 2.41. The zero-order valence-electron chi connectivity index (χ0n) is 43.6. The molecular weight excluding hydrogens is 887 g/mol. The van der Waals surface area contributed by atoms with E-state index in [1.54, 1.807) is 18.2 Å². The van der Waals surface area contributed by atoms with Gasteiger partial charge in [-0.1, -0.05) is 84.9 Å². The first kappa shape index (κ1) is 50.6. The molecule has 0 radical (unpaired) electrons. The van der Waals surface area contributed by atoms with Crippen LogP contribution in [0.3, 0.4) is 0 Å². The molecule has 3 atom stereocenters. The third-order valence-electron chi connectivity index (χ3n) is 16.4. The van der Waals surface area contributed by atoms with Crippen LogP contribution in [0, 0.1) is 17.7 Å². The summed E-state index contributed by atoms with van der Waals surface area (Å²) in [6.45, 7) is 22.8. The Morgan fingerprint density at radius 2 is 1.46 bits per heavy atom. The molecule has 12 rings (SSSR count). The molecule has 10 heteroatoms. The summed E-state index contributed by atoms with van der Waals surface area (Å²) >= 11 is 0. The molecule has 1 fully saturated rings. The molecular formula is C61H78F2N6O2. The van der Waals surface area contributed by atoms with Crippen molar-refractivity contribution in [3.05, 3.63) is 135 Å². The fraction of sp³-hybridized carbons (Fsp3) is 0.508. The number of nitrogens with one attached hydrogen (secondary N) is 2. The molecule has 1 saturated heterocycles. The maximum atomic E-state index is 13.8. The summed E-state index contributed by atoms with van der Waals surface area (Å²) in [5.74, 6) is 1.37. The Morgan fingerprint density at radius 1 is 0.775 bits per heavy atom. The number of aromatic nitrogens is 1. The molecule has 8 aliphatic rings. The van der Waals surface area contributed by atoms with Crippen LogP contribution in [0.5, 0.6) is 0 Å². The topological polar surface area (TPSA) is 74.9 Å². The van der Waals surface area contributed by atoms with Gasteiger partial charge in [0, 0.05) is 73.0 Å². The van der Waals surface area contributed by atoms with Crippen molar-refractivity contribution < 1.29 is 18.4 Å². The number of amides is 2. The first-order valence-corrected chi connectivity index (χ1v) is 27.3. The predicted molar refractivity (Wildman–Crippen MR) is 288 cm³/mol. The zero-order chi connectivity index (χ0) is 50.0. The minimum atomic E-state index is -0.184. The van der Waals surface area contributed by atoms with Crippen LogP contribution < -0.4 is 15.1 Å². The van der Waals surface area contributed by atoms with Crippen LogP contribution in [-0.4, -0.2) is 85.0 Å². The van der Waals surface area contributed by atoms with E-state index in [9.17, 15) is 18.4 Å². The van der Waals surface area contributed by atoms with Crippen LogP contribution in [0.2, 0.25) is 0 Å². The molecule has 3 aromatic carbocycles. The van der Waals surface area contributed by atoms with E-state index in [1.807, 2.05) is 55.8 Å². The largest absolute Gasteiger partial charge is 0.384 e. The standard InChI is InChI=1S/C29H36FN3O.C28H30FN3O.2C2H6/c1-29(2)17-27(34)33-13-9-21-14-19(15-25(29)28(21)33)4-3-10-32-11-7-20(8-12-32)24-18-31-26-6-5-22(30)16-23(24)26;1-18-13-27(33)32-12-8-21-14-19(15-23(18)28(21)32)3-2-9-31-10-6-20(7-11-31)25-17-30-26-5-4-22(29)16-24(25)26;2*1-2/h5-6,14-16,18,20,23,26,31H,3-4,7-13,17H2,1-2H3;4-6,14-18,30H,2-3,7-13H2,1H3;2*1-2H3. The highest BCUT2D eigenvalue weighted by atomic mass is 19.1. The number of likely N-dealkylation sites (tertiary alicyclic amines) is 1. The SMILES string of the molecule is CC.CC.CC1(C)CC(=O)N2CCc3cc(CCCN4CCC(C5=CNC6C=CC(F)=CC56)CC4)cc1c32.CC1CC(=O)N2CCc3cc(CCCN4CC=C(c5c[nH]c6ccc(F)cc56)CC4)cc1c32. The van der Waals surface area contributed by atoms with Crippen molar-refractivity contribution in [2.75, 3.05) is 62.2 Å². The van der Waals surface area contributed by atoms with E-state index in [1.165, 1.54) is 68.4 Å². The Kier molecular flexibility index (Phi) is 15.5. The Hall–Kier alpha value is -5.32. The lowest BCUT2D eigenvalue weighted by atomic mass is 9.76. The van der Waals surface area contributed by atoms with Crippen LogP contribution in [-0.2, 0) is 40.7 Å². The molecule has 2 N–H and O–H groups in total. The fourth-order valence-corrected chi connectivity index (χ4v) is 12.8. The van der Waals surface area contributed by atoms with Gasteiger partial charge in [0.25, 0.3) is 0 Å². The second kappa shape index (κ2) is 21.8. The molecule has 4 aromatic rings. The van der Waals surface area contributed by atoms with Gasteiger partial charge < -0.3 is 25.0 Å². The van der Waals surface area contributed by atoms with Gasteiger partial charge in [-0.2, -0.15) is 0 Å². The number of H-pyrrole nitrogens is 1. The quantitative estimate of drug-likeness (QED) is 0.166. The van der Waals surface area contributed by atoms with Crippen molar-refractivity contribution in [2.45, 2.75) is 136 Å². The van der Waals surface area contributed by atoms with Crippen LogP contribution in [0.1, 0.15) is 138 Å². The molecule has 71 heavy (non-hydrogen) atoms. The normalized spacial score (nSPS) is 23.0. The molecule has 1 aromatic heterocycles. The fourth-order valence-electron chi connectivity index (χ4n) is 12.8. The zero-order valence-corrected chi connectivity index (χ0v) is 43.6. The number of allylic oxidation sites excluding steroid dienone is 2. The van der Waals surface area contributed by atoms with Crippen LogP contribution in [0.4, 0.5) is 20.2 Å². The van der Waals surface area contributed by atoms with Crippen LogP contribution in [0.15, 0.2) is 90.6 Å². The van der Waals surface area contributed by atoms with E-state index in [0.717, 1.165) is 120 Å². The van der Waals surface area contributed by atoms with E-state index in [4.69, 9.17) is 0 Å². The maximum absolute atomic E-state index is 13.8. The summed E-state index contributed by atoms with van der Waals surface area (Å²) in [5, 5.41) is 4.41. The number of anilines is 2. The third-order valence-corrected chi connectivity index (χ3v) is 16.4. The van der Waals surface area contributed by atoms with Crippen molar-refractivity contribution >= 4 is 39.7 Å². The highest BCUT2D eigenvalue weighted by Crippen LogP contribution is 2.47. The molecule has 0 spiro atoms. The van der Waals surface area contributed by atoms with E-state index < -0.39 is 0 Å². The number of benzene rings is 3. The van der Waals surface area contributed by atoms with E-state index in [-0.39, 0.29) is 40.8 Å². The van der Waals surface area contributed by atoms with Gasteiger partial charge in [0.1, 0.15) is 11.6 Å². The number of rotatable bonds is 10. The molecule has 378 valence electrons. The van der Waals surface area contributed by atoms with Crippen molar-refractivity contribution in [3.8, 4) is 0 Å². The van der Waals surface area contributed by atoms with Gasteiger partial charge in [-0.3, -0.25) is 14.5 Å². The molecule has 3 unspecified atom stereocenters. The number of carbonyl (C=O) groups is 2. The molecule has 7 aliphatic heterocycles. The third kappa shape index (κ3) is 10.5. The monoisotopic (exact) mass is 965 g/mol. The summed E-state index contributed by atoms with van der Waals surface area (Å²) < 4.78 is 27.5. The Morgan fingerprint density at radius 3 is 2.18 bits per heavy atom. The second-order valence-corrected chi connectivity index (χ2v) is 21.4. The van der Waals surface area contributed by atoms with Crippen molar-refractivity contribution in [1.82, 2.24) is 20.1 Å². The number of hydrogen-bond acceptors (Lipinski definition) is 5. The average Bonchev–Trinajstić information content (AvgIpc) is 4.20. The van der Waals surface area contributed by atoms with Gasteiger partial charge >= 0.3 is 0 Å². The molecule has 0 bridgehead atoms. The Bertz CT molecular complexity index is 2740. The van der Waals surface area contributed by atoms with E-state index in [2.05, 4.69) is 77.4 Å². The molecule has 1 aliphatic carbocycles. The van der Waals surface area contributed by atoms with Crippen LogP contribution in [0.25, 0.3) is 16.5 Å². The van der Waals surface area contributed by atoms with Crippen molar-refractivity contribution in [3.63, 3.8) is 0 Å². The van der Waals surface area contributed by atoms with Gasteiger partial charge in [0.2, 0.25) is 11.8 Å². The number of carbonyl (C=O) groups excluding carboxylic acids is 2. The van der Waals surface area contributed by atoms with Gasteiger partial charge in [0.05, 0.1) is 17.4 Å². The Balaban J connectivity index is 0.000000165. The molecule has 2 amide bonds.